The van der Waals surface area contributed by atoms with Crippen LogP contribution in [0, 0.1) is 10.1 Å². The first kappa shape index (κ1) is 12.3. The van der Waals surface area contributed by atoms with Crippen LogP contribution in [0.4, 0.5) is 5.69 Å². The molecule has 1 aromatic rings. The Hall–Kier alpha value is -1.82. The Morgan fingerprint density at radius 1 is 1.69 bits per heavy atom. The van der Waals surface area contributed by atoms with Gasteiger partial charge in [-0.25, -0.2) is 0 Å². The number of nitro groups is 1. The number of oxime groups is 1. The molecule has 0 atom stereocenters. The Morgan fingerprint density at radius 3 is 2.88 bits per heavy atom. The molecule has 0 aromatic heterocycles. The molecule has 0 saturated heterocycles. The summed E-state index contributed by atoms with van der Waals surface area (Å²) < 4.78 is 4.94. The second-order valence-electron chi connectivity index (χ2n) is 2.87. The van der Waals surface area contributed by atoms with E-state index in [1.54, 1.807) is 0 Å². The van der Waals surface area contributed by atoms with Crippen LogP contribution >= 0.6 is 11.6 Å². The van der Waals surface area contributed by atoms with Gasteiger partial charge in [0.2, 0.25) is 0 Å². The molecule has 0 aliphatic rings. The van der Waals surface area contributed by atoms with Crippen molar-refractivity contribution in [1.82, 2.24) is 0 Å². The Kier molecular flexibility index (Phi) is 4.07. The number of halogens is 1. The first-order valence-electron chi connectivity index (χ1n) is 4.26. The van der Waals surface area contributed by atoms with Crippen LogP contribution in [0.15, 0.2) is 17.3 Å². The topological polar surface area (TPSA) is 85.0 Å². The molecule has 86 valence electrons. The van der Waals surface area contributed by atoms with E-state index < -0.39 is 4.92 Å². The third-order valence-corrected chi connectivity index (χ3v) is 2.24. The molecule has 0 fully saturated rings. The second-order valence-corrected chi connectivity index (χ2v) is 3.28. The van der Waals surface area contributed by atoms with Gasteiger partial charge in [0.1, 0.15) is 5.75 Å². The molecular formula is C9H9ClN2O4. The lowest BCUT2D eigenvalue weighted by Gasteiger charge is -2.05. The maximum Gasteiger partial charge on any atom is 0.274 e. The fourth-order valence-electron chi connectivity index (χ4n) is 1.21. The van der Waals surface area contributed by atoms with Crippen LogP contribution in [0.2, 0.25) is 5.02 Å². The molecule has 6 nitrogen and oxygen atoms in total. The number of nitro benzene ring substituents is 1. The normalized spacial score (nSPS) is 10.6. The molecular weight excluding hydrogens is 236 g/mol. The predicted octanol–water partition coefficient (Wildman–Crippen LogP) is 2.26. The fraction of sp³-hybridized carbons (Fsp3) is 0.222. The van der Waals surface area contributed by atoms with E-state index in [0.29, 0.717) is 11.3 Å². The van der Waals surface area contributed by atoms with Crippen LogP contribution in [-0.4, -0.2) is 23.5 Å². The zero-order valence-corrected chi connectivity index (χ0v) is 9.14. The number of methoxy groups -OCH3 is 1. The van der Waals surface area contributed by atoms with Crippen molar-refractivity contribution in [2.45, 2.75) is 6.42 Å². The van der Waals surface area contributed by atoms with Gasteiger partial charge in [-0.2, -0.15) is 0 Å². The van der Waals surface area contributed by atoms with Gasteiger partial charge in [0.15, 0.2) is 0 Å². The number of hydrogen-bond donors (Lipinski definition) is 1. The average molecular weight is 245 g/mol. The van der Waals surface area contributed by atoms with Crippen LogP contribution in [0.5, 0.6) is 5.75 Å². The second kappa shape index (κ2) is 5.32. The van der Waals surface area contributed by atoms with E-state index in [0.717, 1.165) is 6.21 Å². The molecule has 0 aliphatic heterocycles. The van der Waals surface area contributed by atoms with Crippen molar-refractivity contribution < 1.29 is 14.9 Å². The number of hydrogen-bond acceptors (Lipinski definition) is 5. The van der Waals surface area contributed by atoms with Gasteiger partial charge >= 0.3 is 0 Å². The van der Waals surface area contributed by atoms with Crippen molar-refractivity contribution in [2.24, 2.45) is 5.16 Å². The minimum absolute atomic E-state index is 0.125. The third-order valence-electron chi connectivity index (χ3n) is 1.94. The highest BCUT2D eigenvalue weighted by atomic mass is 35.5. The zero-order valence-electron chi connectivity index (χ0n) is 8.38. The van der Waals surface area contributed by atoms with Gasteiger partial charge < -0.3 is 9.94 Å². The van der Waals surface area contributed by atoms with Crippen LogP contribution in [0.1, 0.15) is 5.56 Å². The molecule has 0 amide bonds. The van der Waals surface area contributed by atoms with Gasteiger partial charge in [-0.15, -0.1) is 5.16 Å². The summed E-state index contributed by atoms with van der Waals surface area (Å²) in [4.78, 5) is 10.2. The Balaban J connectivity index is 3.24. The number of rotatable bonds is 4. The summed E-state index contributed by atoms with van der Waals surface area (Å²) in [5, 5.41) is 22.0. The molecule has 0 bridgehead atoms. The third kappa shape index (κ3) is 2.60. The Morgan fingerprint density at radius 2 is 2.38 bits per heavy atom. The highest BCUT2D eigenvalue weighted by molar-refractivity contribution is 6.32. The average Bonchev–Trinajstić information content (AvgIpc) is 2.26. The fourth-order valence-corrected chi connectivity index (χ4v) is 1.45. The van der Waals surface area contributed by atoms with Gasteiger partial charge in [0.25, 0.3) is 5.69 Å². The number of benzene rings is 1. The molecule has 0 spiro atoms. The van der Waals surface area contributed by atoms with Crippen molar-refractivity contribution in [3.05, 3.63) is 32.8 Å². The molecule has 1 aromatic carbocycles. The van der Waals surface area contributed by atoms with E-state index in [2.05, 4.69) is 5.16 Å². The van der Waals surface area contributed by atoms with Gasteiger partial charge in [-0.1, -0.05) is 11.6 Å². The highest BCUT2D eigenvalue weighted by Gasteiger charge is 2.17. The Bertz CT molecular complexity index is 434. The molecule has 7 heteroatoms. The summed E-state index contributed by atoms with van der Waals surface area (Å²) in [6.45, 7) is 0. The minimum atomic E-state index is -0.550. The van der Waals surface area contributed by atoms with E-state index in [-0.39, 0.29) is 17.1 Å². The maximum absolute atomic E-state index is 10.7. The van der Waals surface area contributed by atoms with Crippen LogP contribution < -0.4 is 4.74 Å². The largest absolute Gasteiger partial charge is 0.495 e. The first-order valence-corrected chi connectivity index (χ1v) is 4.64. The smallest absolute Gasteiger partial charge is 0.274 e. The van der Waals surface area contributed by atoms with E-state index in [1.165, 1.54) is 19.2 Å². The molecule has 16 heavy (non-hydrogen) atoms. The van der Waals surface area contributed by atoms with Crippen LogP contribution in [0.3, 0.4) is 0 Å². The summed E-state index contributed by atoms with van der Waals surface area (Å²) in [7, 11) is 1.41. The van der Waals surface area contributed by atoms with Crippen LogP contribution in [-0.2, 0) is 6.42 Å². The van der Waals surface area contributed by atoms with Crippen molar-refractivity contribution in [1.29, 1.82) is 0 Å². The van der Waals surface area contributed by atoms with Crippen molar-refractivity contribution >= 4 is 23.5 Å². The SMILES string of the molecule is COc1cc(CC=NO)c([N+](=O)[O-])cc1Cl. The van der Waals surface area contributed by atoms with Crippen molar-refractivity contribution in [2.75, 3.05) is 7.11 Å². The lowest BCUT2D eigenvalue weighted by molar-refractivity contribution is -0.385. The summed E-state index contributed by atoms with van der Waals surface area (Å²) >= 11 is 5.77. The lowest BCUT2D eigenvalue weighted by Crippen LogP contribution is -1.98. The quantitative estimate of drug-likeness (QED) is 0.381. The molecule has 0 unspecified atom stereocenters. The molecule has 1 N–H and O–H groups in total. The predicted molar refractivity (Wildman–Crippen MR) is 58.6 cm³/mol. The van der Waals surface area contributed by atoms with Gasteiger partial charge in [-0.3, -0.25) is 10.1 Å². The number of nitrogens with zero attached hydrogens (tertiary/aromatic N) is 2. The van der Waals surface area contributed by atoms with Gasteiger partial charge in [-0.05, 0) is 6.07 Å². The summed E-state index contributed by atoms with van der Waals surface area (Å²) in [6, 6.07) is 2.66. The van der Waals surface area contributed by atoms with E-state index >= 15 is 0 Å². The standard InChI is InChI=1S/C9H9ClN2O4/c1-16-9-4-6(2-3-11-13)8(12(14)15)5-7(9)10/h3-5,13H,2H2,1H3. The molecule has 0 heterocycles. The van der Waals surface area contributed by atoms with Crippen molar-refractivity contribution in [3.8, 4) is 5.75 Å². The van der Waals surface area contributed by atoms with Gasteiger partial charge in [0, 0.05) is 24.3 Å². The monoisotopic (exact) mass is 244 g/mol. The molecule has 1 rings (SSSR count). The zero-order chi connectivity index (χ0) is 12.1. The van der Waals surface area contributed by atoms with Gasteiger partial charge in [0.05, 0.1) is 17.1 Å². The summed E-state index contributed by atoms with van der Waals surface area (Å²) in [5.41, 5.74) is 0.231. The highest BCUT2D eigenvalue weighted by Crippen LogP contribution is 2.32. The Labute approximate surface area is 96.2 Å². The van der Waals surface area contributed by atoms with E-state index in [1.807, 2.05) is 0 Å². The molecule has 0 radical (unpaired) electrons. The lowest BCUT2D eigenvalue weighted by atomic mass is 10.1. The first-order chi connectivity index (χ1) is 7.60. The van der Waals surface area contributed by atoms with Crippen molar-refractivity contribution in [3.63, 3.8) is 0 Å². The summed E-state index contributed by atoms with van der Waals surface area (Å²) in [6.07, 6.45) is 1.27. The maximum atomic E-state index is 10.7. The van der Waals surface area contributed by atoms with E-state index in [9.17, 15) is 10.1 Å². The van der Waals surface area contributed by atoms with Crippen LogP contribution in [0.25, 0.3) is 0 Å². The molecule has 0 saturated carbocycles. The number of ether oxygens (including phenoxy) is 1. The van der Waals surface area contributed by atoms with E-state index in [4.69, 9.17) is 21.5 Å². The summed E-state index contributed by atoms with van der Waals surface area (Å²) in [5.74, 6) is 0.341. The minimum Gasteiger partial charge on any atom is -0.495 e. The molecule has 0 aliphatic carbocycles.